The fourth-order valence-electron chi connectivity index (χ4n) is 1.99. The monoisotopic (exact) mass is 256 g/mol. The minimum Gasteiger partial charge on any atom is -0.373 e. The Kier molecular flexibility index (Phi) is 2.87. The molecular formula is C14H13FN4. The van der Waals surface area contributed by atoms with Crippen molar-refractivity contribution in [3.8, 4) is 0 Å². The van der Waals surface area contributed by atoms with E-state index in [1.54, 1.807) is 19.2 Å². The molecule has 0 saturated carbocycles. The van der Waals surface area contributed by atoms with Gasteiger partial charge < -0.3 is 10.3 Å². The molecule has 19 heavy (non-hydrogen) atoms. The minimum atomic E-state index is -0.216. The van der Waals surface area contributed by atoms with Crippen LogP contribution in [0.5, 0.6) is 0 Å². The van der Waals surface area contributed by atoms with Gasteiger partial charge in [-0.1, -0.05) is 18.2 Å². The number of pyridine rings is 1. The molecule has 96 valence electrons. The van der Waals surface area contributed by atoms with Gasteiger partial charge in [-0.2, -0.15) is 0 Å². The highest BCUT2D eigenvalue weighted by molar-refractivity contribution is 5.72. The molecule has 0 bridgehead atoms. The maximum atomic E-state index is 13.6. The smallest absolute Gasteiger partial charge is 0.179 e. The van der Waals surface area contributed by atoms with E-state index in [2.05, 4.69) is 20.3 Å². The number of fused-ring (bicyclic) bond motifs is 1. The molecule has 1 aromatic carbocycles. The van der Waals surface area contributed by atoms with Crippen molar-refractivity contribution in [2.24, 2.45) is 0 Å². The van der Waals surface area contributed by atoms with Crippen molar-refractivity contribution >= 4 is 17.0 Å². The molecule has 0 amide bonds. The first-order chi connectivity index (χ1) is 9.26. The summed E-state index contributed by atoms with van der Waals surface area (Å²) < 4.78 is 13.6. The number of aromatic amines is 1. The Morgan fingerprint density at radius 3 is 2.79 bits per heavy atom. The number of rotatable bonds is 3. The second-order valence-electron chi connectivity index (χ2n) is 4.27. The van der Waals surface area contributed by atoms with E-state index in [1.165, 1.54) is 6.07 Å². The molecule has 0 radical (unpaired) electrons. The van der Waals surface area contributed by atoms with Gasteiger partial charge >= 0.3 is 0 Å². The quantitative estimate of drug-likeness (QED) is 0.757. The lowest BCUT2D eigenvalue weighted by molar-refractivity contribution is 0.612. The Morgan fingerprint density at radius 2 is 2.00 bits per heavy atom. The standard InChI is InChI=1S/C14H13FN4/c1-16-12-7-6-11-14(18-12)19-13(17-11)8-9-4-2-3-5-10(9)15/h2-7H,8H2,1H3,(H2,16,17,18,19). The molecule has 0 saturated heterocycles. The van der Waals surface area contributed by atoms with E-state index in [1.807, 2.05) is 18.2 Å². The van der Waals surface area contributed by atoms with E-state index in [4.69, 9.17) is 0 Å². The van der Waals surface area contributed by atoms with Gasteiger partial charge in [-0.25, -0.2) is 14.4 Å². The zero-order valence-corrected chi connectivity index (χ0v) is 10.4. The first-order valence-corrected chi connectivity index (χ1v) is 6.03. The highest BCUT2D eigenvalue weighted by Crippen LogP contribution is 2.16. The third kappa shape index (κ3) is 2.27. The van der Waals surface area contributed by atoms with Crippen LogP contribution in [0, 0.1) is 5.82 Å². The van der Waals surface area contributed by atoms with E-state index in [9.17, 15) is 4.39 Å². The minimum absolute atomic E-state index is 0.216. The van der Waals surface area contributed by atoms with Crippen LogP contribution in [0.25, 0.3) is 11.2 Å². The summed E-state index contributed by atoms with van der Waals surface area (Å²) in [6, 6.07) is 10.5. The van der Waals surface area contributed by atoms with Gasteiger partial charge in [-0.3, -0.25) is 0 Å². The van der Waals surface area contributed by atoms with E-state index >= 15 is 0 Å². The first kappa shape index (κ1) is 11.6. The average molecular weight is 256 g/mol. The van der Waals surface area contributed by atoms with Gasteiger partial charge in [0.25, 0.3) is 0 Å². The van der Waals surface area contributed by atoms with Crippen molar-refractivity contribution in [3.05, 3.63) is 53.6 Å². The number of imidazole rings is 1. The summed E-state index contributed by atoms with van der Waals surface area (Å²) in [6.45, 7) is 0. The fourth-order valence-corrected chi connectivity index (χ4v) is 1.99. The summed E-state index contributed by atoms with van der Waals surface area (Å²) in [5.41, 5.74) is 2.11. The van der Waals surface area contributed by atoms with E-state index in [-0.39, 0.29) is 5.82 Å². The van der Waals surface area contributed by atoms with Crippen molar-refractivity contribution in [1.29, 1.82) is 0 Å². The van der Waals surface area contributed by atoms with Gasteiger partial charge in [0.05, 0.1) is 5.52 Å². The van der Waals surface area contributed by atoms with Gasteiger partial charge in [0.15, 0.2) is 5.65 Å². The number of aromatic nitrogens is 3. The summed E-state index contributed by atoms with van der Waals surface area (Å²) in [4.78, 5) is 11.9. The van der Waals surface area contributed by atoms with Gasteiger partial charge in [0, 0.05) is 13.5 Å². The first-order valence-electron chi connectivity index (χ1n) is 6.03. The Morgan fingerprint density at radius 1 is 1.16 bits per heavy atom. The third-order valence-corrected chi connectivity index (χ3v) is 2.97. The molecule has 0 spiro atoms. The molecule has 0 aliphatic rings. The topological polar surface area (TPSA) is 53.6 Å². The Hall–Kier alpha value is -2.43. The lowest BCUT2D eigenvalue weighted by Gasteiger charge is -1.99. The van der Waals surface area contributed by atoms with E-state index in [0.29, 0.717) is 23.5 Å². The lowest BCUT2D eigenvalue weighted by Crippen LogP contribution is -1.94. The Balaban J connectivity index is 1.95. The zero-order valence-electron chi connectivity index (χ0n) is 10.4. The van der Waals surface area contributed by atoms with Crippen LogP contribution in [0.3, 0.4) is 0 Å². The van der Waals surface area contributed by atoms with Gasteiger partial charge in [0.1, 0.15) is 17.5 Å². The normalized spacial score (nSPS) is 10.8. The Labute approximate surface area is 109 Å². The van der Waals surface area contributed by atoms with Crippen molar-refractivity contribution in [2.45, 2.75) is 6.42 Å². The maximum absolute atomic E-state index is 13.6. The van der Waals surface area contributed by atoms with E-state index < -0.39 is 0 Å². The van der Waals surface area contributed by atoms with Crippen LogP contribution in [-0.2, 0) is 6.42 Å². The molecule has 2 N–H and O–H groups in total. The predicted octanol–water partition coefficient (Wildman–Crippen LogP) is 2.73. The second kappa shape index (κ2) is 4.68. The van der Waals surface area contributed by atoms with Crippen molar-refractivity contribution < 1.29 is 4.39 Å². The summed E-state index contributed by atoms with van der Waals surface area (Å²) in [5.74, 6) is 1.25. The summed E-state index contributed by atoms with van der Waals surface area (Å²) in [7, 11) is 1.81. The van der Waals surface area contributed by atoms with Crippen LogP contribution in [-0.4, -0.2) is 22.0 Å². The van der Waals surface area contributed by atoms with Crippen molar-refractivity contribution in [3.63, 3.8) is 0 Å². The zero-order chi connectivity index (χ0) is 13.2. The van der Waals surface area contributed by atoms with Crippen molar-refractivity contribution in [2.75, 3.05) is 12.4 Å². The number of halogens is 1. The number of hydrogen-bond donors (Lipinski definition) is 2. The fraction of sp³-hybridized carbons (Fsp3) is 0.143. The Bertz CT molecular complexity index is 720. The maximum Gasteiger partial charge on any atom is 0.179 e. The summed E-state index contributed by atoms with van der Waals surface area (Å²) in [6.07, 6.45) is 0.428. The highest BCUT2D eigenvalue weighted by atomic mass is 19.1. The van der Waals surface area contributed by atoms with Crippen LogP contribution in [0.4, 0.5) is 10.2 Å². The number of nitrogens with zero attached hydrogens (tertiary/aromatic N) is 2. The van der Waals surface area contributed by atoms with Gasteiger partial charge in [-0.15, -0.1) is 0 Å². The molecule has 0 fully saturated rings. The molecule has 0 unspecified atom stereocenters. The van der Waals surface area contributed by atoms with E-state index in [0.717, 1.165) is 11.3 Å². The summed E-state index contributed by atoms with van der Waals surface area (Å²) in [5, 5.41) is 2.96. The van der Waals surface area contributed by atoms with Gasteiger partial charge in [-0.05, 0) is 23.8 Å². The van der Waals surface area contributed by atoms with Crippen LogP contribution in [0.1, 0.15) is 11.4 Å². The second-order valence-corrected chi connectivity index (χ2v) is 4.27. The van der Waals surface area contributed by atoms with Crippen molar-refractivity contribution in [1.82, 2.24) is 15.0 Å². The highest BCUT2D eigenvalue weighted by Gasteiger charge is 2.08. The third-order valence-electron chi connectivity index (χ3n) is 2.97. The molecule has 0 aliphatic heterocycles. The van der Waals surface area contributed by atoms with Gasteiger partial charge in [0.2, 0.25) is 0 Å². The SMILES string of the molecule is CNc1ccc2[nH]c(Cc3ccccc3F)nc2n1. The number of benzene rings is 1. The average Bonchev–Trinajstić information content (AvgIpc) is 2.82. The molecule has 4 nitrogen and oxygen atoms in total. The molecule has 0 aliphatic carbocycles. The van der Waals surface area contributed by atoms with Crippen LogP contribution < -0.4 is 5.32 Å². The lowest BCUT2D eigenvalue weighted by atomic mass is 10.1. The number of anilines is 1. The molecule has 3 aromatic rings. The van der Waals surface area contributed by atoms with Crippen LogP contribution >= 0.6 is 0 Å². The number of nitrogens with one attached hydrogen (secondary N) is 2. The largest absolute Gasteiger partial charge is 0.373 e. The molecule has 3 rings (SSSR count). The molecule has 2 aromatic heterocycles. The number of hydrogen-bond acceptors (Lipinski definition) is 3. The predicted molar refractivity (Wildman–Crippen MR) is 72.6 cm³/mol. The molecule has 0 atom stereocenters. The van der Waals surface area contributed by atoms with Crippen LogP contribution in [0.15, 0.2) is 36.4 Å². The molecule has 5 heteroatoms. The summed E-state index contributed by atoms with van der Waals surface area (Å²) >= 11 is 0. The molecular weight excluding hydrogens is 243 g/mol. The number of H-pyrrole nitrogens is 1. The molecule has 2 heterocycles. The van der Waals surface area contributed by atoms with Crippen LogP contribution in [0.2, 0.25) is 0 Å².